The van der Waals surface area contributed by atoms with Crippen molar-refractivity contribution in [1.82, 2.24) is 0 Å². The minimum Gasteiger partial charge on any atom is -0.496 e. The van der Waals surface area contributed by atoms with E-state index in [0.717, 1.165) is 4.47 Å². The van der Waals surface area contributed by atoms with Crippen LogP contribution in [0.2, 0.25) is 0 Å². The van der Waals surface area contributed by atoms with Crippen molar-refractivity contribution in [2.24, 2.45) is 5.14 Å². The third-order valence-electron chi connectivity index (χ3n) is 3.38. The Labute approximate surface area is 170 Å². The summed E-state index contributed by atoms with van der Waals surface area (Å²) in [6.45, 7) is -0.543. The maximum atomic E-state index is 11.9. The molecule has 0 aliphatic carbocycles. The fourth-order valence-electron chi connectivity index (χ4n) is 2.13. The number of primary sulfonamides is 1. The van der Waals surface area contributed by atoms with E-state index in [1.165, 1.54) is 43.5 Å². The fourth-order valence-corrected chi connectivity index (χ4v) is 3.06. The maximum absolute atomic E-state index is 11.9. The van der Waals surface area contributed by atoms with E-state index >= 15 is 0 Å². The number of hydrogen-bond donors (Lipinski definition) is 2. The molecule has 0 aromatic heterocycles. The van der Waals surface area contributed by atoms with Gasteiger partial charge in [0.25, 0.3) is 5.91 Å². The van der Waals surface area contributed by atoms with Crippen LogP contribution in [0.25, 0.3) is 6.08 Å². The third kappa shape index (κ3) is 6.48. The zero-order valence-electron chi connectivity index (χ0n) is 14.7. The lowest BCUT2D eigenvalue weighted by Crippen LogP contribution is -2.20. The quantitative estimate of drug-likeness (QED) is 0.474. The summed E-state index contributed by atoms with van der Waals surface area (Å²) in [5, 5.41) is 7.46. The molecule has 2 rings (SSSR count). The number of nitrogens with two attached hydrogens (primary N) is 1. The van der Waals surface area contributed by atoms with E-state index in [1.807, 2.05) is 0 Å². The topological polar surface area (TPSA) is 125 Å². The number of rotatable bonds is 7. The number of hydrogen-bond acceptors (Lipinski definition) is 6. The molecule has 0 heterocycles. The van der Waals surface area contributed by atoms with E-state index in [2.05, 4.69) is 21.2 Å². The first-order valence-corrected chi connectivity index (χ1v) is 10.1. The summed E-state index contributed by atoms with van der Waals surface area (Å²) in [4.78, 5) is 23.5. The smallest absolute Gasteiger partial charge is 0.331 e. The van der Waals surface area contributed by atoms with Crippen molar-refractivity contribution in [1.29, 1.82) is 0 Å². The summed E-state index contributed by atoms with van der Waals surface area (Å²) >= 11 is 3.33. The van der Waals surface area contributed by atoms with E-state index in [9.17, 15) is 18.0 Å². The normalized spacial score (nSPS) is 11.2. The van der Waals surface area contributed by atoms with Gasteiger partial charge < -0.3 is 14.8 Å². The van der Waals surface area contributed by atoms with E-state index in [1.54, 1.807) is 18.2 Å². The van der Waals surface area contributed by atoms with Crippen molar-refractivity contribution in [3.63, 3.8) is 0 Å². The number of amides is 1. The molecule has 0 radical (unpaired) electrons. The van der Waals surface area contributed by atoms with Gasteiger partial charge in [0.1, 0.15) is 5.75 Å². The number of ether oxygens (including phenoxy) is 2. The van der Waals surface area contributed by atoms with Crippen LogP contribution in [0.4, 0.5) is 5.69 Å². The van der Waals surface area contributed by atoms with E-state index in [4.69, 9.17) is 14.6 Å². The molecule has 148 valence electrons. The lowest BCUT2D eigenvalue weighted by atomic mass is 10.2. The van der Waals surface area contributed by atoms with Gasteiger partial charge in [-0.3, -0.25) is 4.79 Å². The number of methoxy groups -OCH3 is 1. The standard InChI is InChI=1S/C18H17BrN2O6S/c1-26-16-7-6-13(19)9-12(16)5-8-18(23)27-11-17(22)21-14-3-2-4-15(10-14)28(20,24)25/h2-10H,11H2,1H3,(H,21,22)(H2,20,24,25)/b8-5+. The Morgan fingerprint density at radius 1 is 1.21 bits per heavy atom. The lowest BCUT2D eigenvalue weighted by Gasteiger charge is -2.07. The van der Waals surface area contributed by atoms with Crippen LogP contribution in [0.15, 0.2) is 57.9 Å². The highest BCUT2D eigenvalue weighted by Gasteiger charge is 2.10. The maximum Gasteiger partial charge on any atom is 0.331 e. The van der Waals surface area contributed by atoms with Gasteiger partial charge in [-0.25, -0.2) is 18.4 Å². The summed E-state index contributed by atoms with van der Waals surface area (Å²) in [7, 11) is -2.38. The molecule has 0 fully saturated rings. The van der Waals surface area contributed by atoms with Crippen LogP contribution in [-0.2, 0) is 24.3 Å². The van der Waals surface area contributed by atoms with Gasteiger partial charge in [0.15, 0.2) is 6.61 Å². The molecule has 0 bridgehead atoms. The second-order valence-corrected chi connectivity index (χ2v) is 7.93. The average molecular weight is 469 g/mol. The SMILES string of the molecule is COc1ccc(Br)cc1/C=C/C(=O)OCC(=O)Nc1cccc(S(N)(=O)=O)c1. The van der Waals surface area contributed by atoms with Gasteiger partial charge in [0, 0.05) is 21.8 Å². The van der Waals surface area contributed by atoms with Gasteiger partial charge >= 0.3 is 5.97 Å². The first-order chi connectivity index (χ1) is 13.2. The van der Waals surface area contributed by atoms with Crippen LogP contribution in [0.5, 0.6) is 5.75 Å². The van der Waals surface area contributed by atoms with Crippen molar-refractivity contribution in [3.05, 3.63) is 58.6 Å². The van der Waals surface area contributed by atoms with Crippen molar-refractivity contribution < 1.29 is 27.5 Å². The fraction of sp³-hybridized carbons (Fsp3) is 0.111. The summed E-state index contributed by atoms with van der Waals surface area (Å²) in [5.74, 6) is -0.788. The van der Waals surface area contributed by atoms with Crippen LogP contribution in [0.1, 0.15) is 5.56 Å². The molecule has 0 aliphatic heterocycles. The molecular weight excluding hydrogens is 452 g/mol. The summed E-state index contributed by atoms with van der Waals surface area (Å²) in [5.41, 5.74) is 0.861. The van der Waals surface area contributed by atoms with Crippen LogP contribution in [0, 0.1) is 0 Å². The number of benzene rings is 2. The van der Waals surface area contributed by atoms with Crippen LogP contribution < -0.4 is 15.2 Å². The van der Waals surface area contributed by atoms with Gasteiger partial charge in [-0.15, -0.1) is 0 Å². The van der Waals surface area contributed by atoms with Crippen molar-refractivity contribution in [2.75, 3.05) is 19.0 Å². The molecular formula is C18H17BrN2O6S. The van der Waals surface area contributed by atoms with Crippen LogP contribution in [0.3, 0.4) is 0 Å². The number of nitrogens with one attached hydrogen (secondary N) is 1. The van der Waals surface area contributed by atoms with Crippen LogP contribution in [-0.4, -0.2) is 34.0 Å². The Bertz CT molecular complexity index is 1020. The minimum absolute atomic E-state index is 0.145. The molecule has 0 saturated heterocycles. The molecule has 0 saturated carbocycles. The van der Waals surface area contributed by atoms with Gasteiger partial charge in [-0.2, -0.15) is 0 Å². The Balaban J connectivity index is 1.93. The van der Waals surface area contributed by atoms with E-state index in [0.29, 0.717) is 11.3 Å². The largest absolute Gasteiger partial charge is 0.496 e. The summed E-state index contributed by atoms with van der Waals surface area (Å²) < 4.78 is 33.5. The second kappa shape index (κ2) is 9.49. The highest BCUT2D eigenvalue weighted by atomic mass is 79.9. The van der Waals surface area contributed by atoms with Gasteiger partial charge in [-0.05, 0) is 42.5 Å². The first kappa shape index (κ1) is 21.6. The number of halogens is 1. The van der Waals surface area contributed by atoms with Gasteiger partial charge in [0.2, 0.25) is 10.0 Å². The highest BCUT2D eigenvalue weighted by molar-refractivity contribution is 9.10. The van der Waals surface area contributed by atoms with Crippen molar-refractivity contribution in [3.8, 4) is 5.75 Å². The number of anilines is 1. The second-order valence-electron chi connectivity index (χ2n) is 5.45. The molecule has 2 aromatic rings. The molecule has 10 heteroatoms. The molecule has 0 atom stereocenters. The molecule has 0 unspecified atom stereocenters. The van der Waals surface area contributed by atoms with E-state index in [-0.39, 0.29) is 10.6 Å². The number of esters is 1. The van der Waals surface area contributed by atoms with Crippen molar-refractivity contribution >= 4 is 49.6 Å². The minimum atomic E-state index is -3.89. The molecule has 0 spiro atoms. The Kier molecular flexibility index (Phi) is 7.32. The number of sulfonamides is 1. The van der Waals surface area contributed by atoms with E-state index < -0.39 is 28.5 Å². The van der Waals surface area contributed by atoms with Crippen LogP contribution >= 0.6 is 15.9 Å². The highest BCUT2D eigenvalue weighted by Crippen LogP contribution is 2.24. The third-order valence-corrected chi connectivity index (χ3v) is 4.79. The molecule has 28 heavy (non-hydrogen) atoms. The first-order valence-electron chi connectivity index (χ1n) is 7.80. The summed E-state index contributed by atoms with van der Waals surface area (Å²) in [6.07, 6.45) is 2.67. The molecule has 1 amide bonds. The Hall–Kier alpha value is -2.69. The Morgan fingerprint density at radius 3 is 2.64 bits per heavy atom. The predicted molar refractivity (Wildman–Crippen MR) is 107 cm³/mol. The molecule has 8 nitrogen and oxygen atoms in total. The van der Waals surface area contributed by atoms with Crippen molar-refractivity contribution in [2.45, 2.75) is 4.90 Å². The lowest BCUT2D eigenvalue weighted by molar-refractivity contribution is -0.142. The molecule has 2 aromatic carbocycles. The molecule has 3 N–H and O–H groups in total. The van der Waals surface area contributed by atoms with Gasteiger partial charge in [-0.1, -0.05) is 22.0 Å². The average Bonchev–Trinajstić information content (AvgIpc) is 2.64. The number of carbonyl (C=O) groups excluding carboxylic acids is 2. The predicted octanol–water partition coefficient (Wildman–Crippen LogP) is 2.30. The molecule has 0 aliphatic rings. The summed E-state index contributed by atoms with van der Waals surface area (Å²) in [6, 6.07) is 10.7. The number of carbonyl (C=O) groups is 2. The zero-order valence-corrected chi connectivity index (χ0v) is 17.1. The monoisotopic (exact) mass is 468 g/mol. The Morgan fingerprint density at radius 2 is 1.96 bits per heavy atom. The van der Waals surface area contributed by atoms with Gasteiger partial charge in [0.05, 0.1) is 12.0 Å². The zero-order chi connectivity index (χ0) is 20.7.